The summed E-state index contributed by atoms with van der Waals surface area (Å²) in [5, 5.41) is 0. The fraction of sp³-hybridized carbons (Fsp3) is 1.00. The zero-order chi connectivity index (χ0) is 7.70. The van der Waals surface area contributed by atoms with Gasteiger partial charge in [0, 0.05) is 0 Å². The molecule has 3 heteroatoms. The van der Waals surface area contributed by atoms with E-state index in [1.807, 2.05) is 0 Å². The molecule has 0 radical (unpaired) electrons. The summed E-state index contributed by atoms with van der Waals surface area (Å²) in [6.45, 7) is 6.74. The Hall–Kier alpha value is 0.350. The van der Waals surface area contributed by atoms with Crippen LogP contribution in [-0.2, 0) is 0 Å². The molecule has 2 N–H and O–H groups in total. The quantitative estimate of drug-likeness (QED) is 0.593. The second-order valence-corrected chi connectivity index (χ2v) is 2.22. The summed E-state index contributed by atoms with van der Waals surface area (Å²) in [4.78, 5) is 14.3. The summed E-state index contributed by atoms with van der Waals surface area (Å²) in [7, 11) is -0.917. The number of hydrogen-bond donors (Lipinski definition) is 2. The molecule has 0 bridgehead atoms. The maximum atomic E-state index is 7.15. The van der Waals surface area contributed by atoms with Crippen molar-refractivity contribution in [3.05, 3.63) is 0 Å². The second-order valence-electron chi connectivity index (χ2n) is 2.02. The number of hydrogen-bond acceptors (Lipinski definition) is 2. The van der Waals surface area contributed by atoms with Crippen molar-refractivity contribution in [1.82, 2.24) is 0 Å². The van der Waals surface area contributed by atoms with Gasteiger partial charge in [-0.05, 0) is 5.92 Å². The molecule has 0 spiro atoms. The molecule has 0 aliphatic carbocycles. The predicted molar refractivity (Wildman–Crippen MR) is 42.5 cm³/mol. The third-order valence-corrected chi connectivity index (χ3v) is 1.39. The van der Waals surface area contributed by atoms with Crippen LogP contribution in [0.15, 0.2) is 0 Å². The van der Waals surface area contributed by atoms with E-state index in [1.165, 1.54) is 12.8 Å². The van der Waals surface area contributed by atoms with E-state index in [1.54, 1.807) is 0 Å². The highest BCUT2D eigenvalue weighted by Gasteiger charge is 1.88. The molecule has 0 amide bonds. The lowest BCUT2D eigenvalue weighted by Crippen LogP contribution is -1.85. The van der Waals surface area contributed by atoms with E-state index in [2.05, 4.69) is 20.8 Å². The highest BCUT2D eigenvalue weighted by atomic mass is 31.1. The van der Waals surface area contributed by atoms with Gasteiger partial charge in [-0.15, -0.1) is 0 Å². The lowest BCUT2D eigenvalue weighted by molar-refractivity contribution is 0.513. The minimum absolute atomic E-state index is 0.917. The van der Waals surface area contributed by atoms with Crippen molar-refractivity contribution in [2.45, 2.75) is 33.6 Å². The van der Waals surface area contributed by atoms with Gasteiger partial charge < -0.3 is 9.79 Å². The second kappa shape index (κ2) is 11.2. The van der Waals surface area contributed by atoms with Gasteiger partial charge >= 0.3 is 0 Å². The van der Waals surface area contributed by atoms with Crippen molar-refractivity contribution < 1.29 is 9.79 Å². The van der Waals surface area contributed by atoms with Crippen LogP contribution in [0.4, 0.5) is 0 Å². The molecule has 2 nitrogen and oxygen atoms in total. The van der Waals surface area contributed by atoms with Crippen LogP contribution in [0.1, 0.15) is 33.6 Å². The van der Waals surface area contributed by atoms with Gasteiger partial charge in [0.2, 0.25) is 0 Å². The van der Waals surface area contributed by atoms with Crippen LogP contribution in [0.5, 0.6) is 0 Å². The minimum atomic E-state index is -0.917. The van der Waals surface area contributed by atoms with E-state index >= 15 is 0 Å². The van der Waals surface area contributed by atoms with Crippen LogP contribution < -0.4 is 0 Å². The third-order valence-electron chi connectivity index (χ3n) is 1.39. The zero-order valence-corrected chi connectivity index (χ0v) is 7.39. The predicted octanol–water partition coefficient (Wildman–Crippen LogP) is 1.92. The van der Waals surface area contributed by atoms with Crippen molar-refractivity contribution in [2.24, 2.45) is 5.92 Å². The highest BCUT2D eigenvalue weighted by molar-refractivity contribution is 7.23. The van der Waals surface area contributed by atoms with E-state index in [4.69, 9.17) is 9.79 Å². The van der Waals surface area contributed by atoms with Gasteiger partial charge in [-0.1, -0.05) is 33.6 Å². The molecule has 0 atom stereocenters. The normalized spacial score (nSPS) is 8.67. The summed E-state index contributed by atoms with van der Waals surface area (Å²) in [5.41, 5.74) is 0. The number of rotatable bonds is 2. The first-order valence-corrected chi connectivity index (χ1v) is 4.15. The Balaban J connectivity index is 0. The maximum Gasteiger partial charge on any atom is 0.149 e. The Labute approximate surface area is 59.2 Å². The van der Waals surface area contributed by atoms with Crippen LogP contribution in [0.2, 0.25) is 0 Å². The molecule has 0 saturated carbocycles. The standard InChI is InChI=1S/C6H14.H3O2P/c1-4-6(3)5-2;1-3-2/h6H,4-5H2,1-3H3;1-3H. The van der Waals surface area contributed by atoms with Gasteiger partial charge in [0.1, 0.15) is 9.03 Å². The van der Waals surface area contributed by atoms with E-state index in [9.17, 15) is 0 Å². The first-order chi connectivity index (χ1) is 4.22. The summed E-state index contributed by atoms with van der Waals surface area (Å²) in [6, 6.07) is 0. The Bertz CT molecular complexity index is 38.0. The summed E-state index contributed by atoms with van der Waals surface area (Å²) in [6.07, 6.45) is 2.66. The van der Waals surface area contributed by atoms with E-state index in [0.717, 1.165) is 5.92 Å². The molecule has 0 aromatic carbocycles. The Morgan fingerprint density at radius 1 is 1.22 bits per heavy atom. The monoisotopic (exact) mass is 152 g/mol. The van der Waals surface area contributed by atoms with E-state index in [0.29, 0.717) is 0 Å². The largest absolute Gasteiger partial charge is 0.352 e. The smallest absolute Gasteiger partial charge is 0.149 e. The van der Waals surface area contributed by atoms with Crippen molar-refractivity contribution in [3.63, 3.8) is 0 Å². The first kappa shape index (κ1) is 12.1. The molecule has 0 aromatic heterocycles. The molecule has 0 aliphatic rings. The maximum absolute atomic E-state index is 7.15. The van der Waals surface area contributed by atoms with Gasteiger partial charge in [0.25, 0.3) is 0 Å². The van der Waals surface area contributed by atoms with Gasteiger partial charge in [-0.25, -0.2) is 0 Å². The fourth-order valence-corrected chi connectivity index (χ4v) is 0.289. The van der Waals surface area contributed by atoms with Gasteiger partial charge in [-0.2, -0.15) is 0 Å². The SMILES string of the molecule is CCC(C)CC.OPO. The molecule has 0 fully saturated rings. The fourth-order valence-electron chi connectivity index (χ4n) is 0.289. The van der Waals surface area contributed by atoms with Crippen molar-refractivity contribution in [1.29, 1.82) is 0 Å². The summed E-state index contributed by atoms with van der Waals surface area (Å²) < 4.78 is 0. The zero-order valence-electron chi connectivity index (χ0n) is 6.39. The van der Waals surface area contributed by atoms with Crippen molar-refractivity contribution in [2.75, 3.05) is 0 Å². The van der Waals surface area contributed by atoms with Gasteiger partial charge in [0.05, 0.1) is 0 Å². The lowest BCUT2D eigenvalue weighted by Gasteiger charge is -1.98. The topological polar surface area (TPSA) is 40.5 Å². The van der Waals surface area contributed by atoms with Gasteiger partial charge in [0.15, 0.2) is 0 Å². The molecule has 0 rings (SSSR count). The molecule has 58 valence electrons. The molecule has 0 unspecified atom stereocenters. The molecular formula is C6H17O2P. The van der Waals surface area contributed by atoms with E-state index in [-0.39, 0.29) is 0 Å². The molecule has 9 heavy (non-hydrogen) atoms. The van der Waals surface area contributed by atoms with Gasteiger partial charge in [-0.3, -0.25) is 0 Å². The van der Waals surface area contributed by atoms with Crippen molar-refractivity contribution in [3.8, 4) is 0 Å². The molecule has 0 saturated heterocycles. The van der Waals surface area contributed by atoms with Crippen LogP contribution in [0.3, 0.4) is 0 Å². The van der Waals surface area contributed by atoms with Crippen molar-refractivity contribution >= 4 is 9.03 Å². The Morgan fingerprint density at radius 3 is 1.44 bits per heavy atom. The molecule has 0 heterocycles. The van der Waals surface area contributed by atoms with Crippen LogP contribution in [0.25, 0.3) is 0 Å². The minimum Gasteiger partial charge on any atom is -0.352 e. The lowest BCUT2D eigenvalue weighted by atomic mass is 10.1. The average molecular weight is 152 g/mol. The van der Waals surface area contributed by atoms with Crippen LogP contribution in [0, 0.1) is 5.92 Å². The first-order valence-electron chi connectivity index (χ1n) is 3.26. The van der Waals surface area contributed by atoms with E-state index < -0.39 is 9.03 Å². The summed E-state index contributed by atoms with van der Waals surface area (Å²) >= 11 is 0. The molecule has 0 aliphatic heterocycles. The molecular weight excluding hydrogens is 135 g/mol. The average Bonchev–Trinajstić information content (AvgIpc) is 1.88. The molecule has 0 aromatic rings. The highest BCUT2D eigenvalue weighted by Crippen LogP contribution is 2.02. The third kappa shape index (κ3) is 17.8. The Kier molecular flexibility index (Phi) is 15.0. The summed E-state index contributed by atoms with van der Waals surface area (Å²) in [5.74, 6) is 0.935. The Morgan fingerprint density at radius 2 is 1.44 bits per heavy atom. The van der Waals surface area contributed by atoms with Crippen LogP contribution in [-0.4, -0.2) is 9.79 Å². The van der Waals surface area contributed by atoms with Crippen LogP contribution >= 0.6 is 9.03 Å².